The monoisotopic (exact) mass is 327 g/mol. The number of aryl methyl sites for hydroxylation is 2. The Labute approximate surface area is 125 Å². The molecule has 0 bridgehead atoms. The smallest absolute Gasteiger partial charge is 0.0738 e. The SMILES string of the molecule is Cc1nn(C)c(CC2CC(C)(C)CCC2CN)c1Br. The van der Waals surface area contributed by atoms with Crippen molar-refractivity contribution in [3.8, 4) is 0 Å². The molecule has 19 heavy (non-hydrogen) atoms. The molecule has 0 aromatic carbocycles. The molecule has 2 rings (SSSR count). The van der Waals surface area contributed by atoms with Crippen LogP contribution < -0.4 is 5.73 Å². The van der Waals surface area contributed by atoms with Crippen molar-refractivity contribution in [2.24, 2.45) is 30.0 Å². The molecule has 0 spiro atoms. The Morgan fingerprint density at radius 1 is 1.42 bits per heavy atom. The first-order valence-electron chi connectivity index (χ1n) is 7.22. The molecule has 2 atom stereocenters. The average molecular weight is 328 g/mol. The third-order valence-electron chi connectivity index (χ3n) is 4.69. The van der Waals surface area contributed by atoms with Gasteiger partial charge in [-0.3, -0.25) is 4.68 Å². The molecule has 0 amide bonds. The van der Waals surface area contributed by atoms with Gasteiger partial charge in [-0.25, -0.2) is 0 Å². The second-order valence-corrected chi connectivity index (χ2v) is 7.63. The lowest BCUT2D eigenvalue weighted by molar-refractivity contribution is 0.120. The summed E-state index contributed by atoms with van der Waals surface area (Å²) in [4.78, 5) is 0. The molecule has 3 nitrogen and oxygen atoms in total. The van der Waals surface area contributed by atoms with Crippen LogP contribution in [0.3, 0.4) is 0 Å². The summed E-state index contributed by atoms with van der Waals surface area (Å²) in [6.45, 7) is 7.64. The van der Waals surface area contributed by atoms with Gasteiger partial charge in [0, 0.05) is 7.05 Å². The topological polar surface area (TPSA) is 43.8 Å². The number of halogens is 1. The molecule has 1 saturated carbocycles. The number of nitrogens with zero attached hydrogens (tertiary/aromatic N) is 2. The fraction of sp³-hybridized carbons (Fsp3) is 0.800. The Bertz CT molecular complexity index is 450. The van der Waals surface area contributed by atoms with E-state index < -0.39 is 0 Å². The van der Waals surface area contributed by atoms with Crippen LogP contribution in [0.15, 0.2) is 4.47 Å². The van der Waals surface area contributed by atoms with Gasteiger partial charge in [-0.1, -0.05) is 13.8 Å². The molecular weight excluding hydrogens is 302 g/mol. The van der Waals surface area contributed by atoms with Crippen molar-refractivity contribution in [2.45, 2.75) is 46.5 Å². The van der Waals surface area contributed by atoms with Gasteiger partial charge in [0.15, 0.2) is 0 Å². The van der Waals surface area contributed by atoms with Crippen LogP contribution >= 0.6 is 15.9 Å². The molecule has 1 heterocycles. The number of nitrogens with two attached hydrogens (primary N) is 1. The molecule has 2 N–H and O–H groups in total. The van der Waals surface area contributed by atoms with E-state index in [0.29, 0.717) is 17.3 Å². The van der Waals surface area contributed by atoms with Crippen LogP contribution in [-0.2, 0) is 13.5 Å². The van der Waals surface area contributed by atoms with Crippen molar-refractivity contribution < 1.29 is 0 Å². The normalized spacial score (nSPS) is 26.6. The molecule has 1 aliphatic rings. The Morgan fingerprint density at radius 2 is 2.11 bits per heavy atom. The summed E-state index contributed by atoms with van der Waals surface area (Å²) in [5, 5.41) is 4.50. The largest absolute Gasteiger partial charge is 0.330 e. The van der Waals surface area contributed by atoms with Crippen LogP contribution in [-0.4, -0.2) is 16.3 Å². The minimum Gasteiger partial charge on any atom is -0.330 e. The number of hydrogen-bond acceptors (Lipinski definition) is 2. The second-order valence-electron chi connectivity index (χ2n) is 6.84. The van der Waals surface area contributed by atoms with Gasteiger partial charge < -0.3 is 5.73 Å². The molecule has 0 aliphatic heterocycles. The van der Waals surface area contributed by atoms with Crippen molar-refractivity contribution in [3.05, 3.63) is 15.9 Å². The van der Waals surface area contributed by atoms with E-state index in [1.807, 2.05) is 11.7 Å². The van der Waals surface area contributed by atoms with Crippen molar-refractivity contribution in [1.29, 1.82) is 0 Å². The summed E-state index contributed by atoms with van der Waals surface area (Å²) >= 11 is 3.68. The van der Waals surface area contributed by atoms with E-state index in [9.17, 15) is 0 Å². The van der Waals surface area contributed by atoms with Crippen molar-refractivity contribution >= 4 is 15.9 Å². The maximum Gasteiger partial charge on any atom is 0.0738 e. The minimum atomic E-state index is 0.455. The van der Waals surface area contributed by atoms with Gasteiger partial charge >= 0.3 is 0 Å². The fourth-order valence-electron chi connectivity index (χ4n) is 3.49. The predicted molar refractivity (Wildman–Crippen MR) is 83.0 cm³/mol. The van der Waals surface area contributed by atoms with Crippen LogP contribution in [0, 0.1) is 24.2 Å². The quantitative estimate of drug-likeness (QED) is 0.924. The molecule has 0 radical (unpaired) electrons. The lowest BCUT2D eigenvalue weighted by atomic mass is 9.66. The van der Waals surface area contributed by atoms with Gasteiger partial charge in [0.2, 0.25) is 0 Å². The summed E-state index contributed by atoms with van der Waals surface area (Å²) < 4.78 is 3.20. The molecule has 1 aromatic rings. The highest BCUT2D eigenvalue weighted by atomic mass is 79.9. The molecular formula is C15H26BrN3. The van der Waals surface area contributed by atoms with Gasteiger partial charge in [-0.2, -0.15) is 5.10 Å². The molecule has 1 aromatic heterocycles. The van der Waals surface area contributed by atoms with Crippen LogP contribution in [0.5, 0.6) is 0 Å². The third kappa shape index (κ3) is 3.22. The predicted octanol–water partition coefficient (Wildman–Crippen LogP) is 3.43. The number of rotatable bonds is 3. The summed E-state index contributed by atoms with van der Waals surface area (Å²) in [6, 6.07) is 0. The van der Waals surface area contributed by atoms with E-state index in [2.05, 4.69) is 41.8 Å². The van der Waals surface area contributed by atoms with Gasteiger partial charge in [-0.15, -0.1) is 0 Å². The summed E-state index contributed by atoms with van der Waals surface area (Å²) in [5.74, 6) is 1.34. The zero-order valence-corrected chi connectivity index (χ0v) is 14.1. The first-order chi connectivity index (χ1) is 8.84. The standard InChI is InChI=1S/C15H26BrN3/c1-10-14(16)13(19(4)18-10)7-12-8-15(2,3)6-5-11(12)9-17/h11-12H,5-9,17H2,1-4H3. The minimum absolute atomic E-state index is 0.455. The highest BCUT2D eigenvalue weighted by Gasteiger charge is 2.35. The van der Waals surface area contributed by atoms with Crippen LogP contribution in [0.1, 0.15) is 44.5 Å². The highest BCUT2D eigenvalue weighted by molar-refractivity contribution is 9.10. The first kappa shape index (κ1) is 15.0. The van der Waals surface area contributed by atoms with Gasteiger partial charge in [-0.05, 0) is 72.3 Å². The Balaban J connectivity index is 2.19. The Morgan fingerprint density at radius 3 is 2.63 bits per heavy atom. The number of hydrogen-bond donors (Lipinski definition) is 1. The van der Waals surface area contributed by atoms with E-state index >= 15 is 0 Å². The van der Waals surface area contributed by atoms with Crippen molar-refractivity contribution in [1.82, 2.24) is 9.78 Å². The second kappa shape index (κ2) is 5.57. The van der Waals surface area contributed by atoms with Crippen LogP contribution in [0.4, 0.5) is 0 Å². The lowest BCUT2D eigenvalue weighted by Crippen LogP contribution is -2.35. The van der Waals surface area contributed by atoms with Crippen molar-refractivity contribution in [3.63, 3.8) is 0 Å². The Kier molecular flexibility index (Phi) is 4.41. The van der Waals surface area contributed by atoms with E-state index in [-0.39, 0.29) is 0 Å². The molecule has 108 valence electrons. The van der Waals surface area contributed by atoms with Gasteiger partial charge in [0.25, 0.3) is 0 Å². The van der Waals surface area contributed by atoms with E-state index in [0.717, 1.165) is 18.7 Å². The van der Waals surface area contributed by atoms with E-state index in [1.54, 1.807) is 0 Å². The average Bonchev–Trinajstić information content (AvgIpc) is 2.55. The molecule has 0 saturated heterocycles. The zero-order chi connectivity index (χ0) is 14.2. The molecule has 1 fully saturated rings. The maximum atomic E-state index is 5.98. The first-order valence-corrected chi connectivity index (χ1v) is 8.01. The number of aromatic nitrogens is 2. The third-order valence-corrected chi connectivity index (χ3v) is 5.72. The molecule has 2 unspecified atom stereocenters. The summed E-state index contributed by atoms with van der Waals surface area (Å²) in [6.07, 6.45) is 4.92. The van der Waals surface area contributed by atoms with E-state index in [4.69, 9.17) is 5.73 Å². The van der Waals surface area contributed by atoms with E-state index in [1.165, 1.54) is 29.4 Å². The lowest BCUT2D eigenvalue weighted by Gasteiger charge is -2.40. The van der Waals surface area contributed by atoms with Gasteiger partial charge in [0.05, 0.1) is 15.9 Å². The zero-order valence-electron chi connectivity index (χ0n) is 12.5. The fourth-order valence-corrected chi connectivity index (χ4v) is 3.99. The Hall–Kier alpha value is -0.350. The van der Waals surface area contributed by atoms with Gasteiger partial charge in [0.1, 0.15) is 0 Å². The highest BCUT2D eigenvalue weighted by Crippen LogP contribution is 2.43. The maximum absolute atomic E-state index is 5.98. The van der Waals surface area contributed by atoms with Crippen LogP contribution in [0.2, 0.25) is 0 Å². The molecule has 4 heteroatoms. The van der Waals surface area contributed by atoms with Crippen LogP contribution in [0.25, 0.3) is 0 Å². The summed E-state index contributed by atoms with van der Waals surface area (Å²) in [7, 11) is 2.04. The summed E-state index contributed by atoms with van der Waals surface area (Å²) in [5.41, 5.74) is 8.84. The molecule has 1 aliphatic carbocycles. The van der Waals surface area contributed by atoms with Crippen molar-refractivity contribution in [2.75, 3.05) is 6.54 Å².